The molecule has 0 spiro atoms. The molecule has 0 N–H and O–H groups in total. The monoisotopic (exact) mass is 444 g/mol. The van der Waals surface area contributed by atoms with Crippen molar-refractivity contribution in [3.63, 3.8) is 0 Å². The van der Waals surface area contributed by atoms with Gasteiger partial charge in [0.25, 0.3) is 5.89 Å². The van der Waals surface area contributed by atoms with Crippen molar-refractivity contribution in [2.24, 2.45) is 0 Å². The molecule has 2 aromatic carbocycles. The fourth-order valence-corrected chi connectivity index (χ4v) is 4.11. The van der Waals surface area contributed by atoms with E-state index in [1.54, 1.807) is 0 Å². The topological polar surface area (TPSA) is 84.4 Å². The Kier molecular flexibility index (Phi) is 4.51. The number of ether oxygens (including phenoxy) is 3. The zero-order valence-corrected chi connectivity index (χ0v) is 18.7. The summed E-state index contributed by atoms with van der Waals surface area (Å²) >= 11 is 0. The molecule has 6 rings (SSSR count). The van der Waals surface area contributed by atoms with Gasteiger partial charge in [-0.15, -0.1) is 0 Å². The van der Waals surface area contributed by atoms with Gasteiger partial charge in [0.15, 0.2) is 17.2 Å². The number of hydrogen-bond donors (Lipinski definition) is 0. The number of aromatic nitrogens is 4. The maximum absolute atomic E-state index is 6.09. The third kappa shape index (κ3) is 3.66. The SMILES string of the molecule is CC(C)(C)c1ccc(-c2noc(-c3cc4n(n3)CC(c3ccc5c(c3)OCO5)OC4)n2)cc1. The van der Waals surface area contributed by atoms with Crippen molar-refractivity contribution >= 4 is 0 Å². The van der Waals surface area contributed by atoms with Gasteiger partial charge < -0.3 is 18.7 Å². The molecule has 2 aliphatic heterocycles. The number of nitrogens with zero attached hydrogens (tertiary/aromatic N) is 4. The Morgan fingerprint density at radius 2 is 1.79 bits per heavy atom. The van der Waals surface area contributed by atoms with E-state index < -0.39 is 0 Å². The van der Waals surface area contributed by atoms with E-state index in [1.165, 1.54) is 5.56 Å². The molecule has 2 aromatic heterocycles. The van der Waals surface area contributed by atoms with E-state index in [2.05, 4.69) is 43.0 Å². The third-order valence-corrected chi connectivity index (χ3v) is 6.06. The number of rotatable bonds is 3. The Morgan fingerprint density at radius 3 is 2.61 bits per heavy atom. The van der Waals surface area contributed by atoms with Gasteiger partial charge in [-0.25, -0.2) is 0 Å². The van der Waals surface area contributed by atoms with E-state index in [1.807, 2.05) is 41.1 Å². The second-order valence-electron chi connectivity index (χ2n) is 9.37. The maximum Gasteiger partial charge on any atom is 0.278 e. The molecule has 1 atom stereocenters. The van der Waals surface area contributed by atoms with Gasteiger partial charge in [-0.3, -0.25) is 4.68 Å². The highest BCUT2D eigenvalue weighted by atomic mass is 16.7. The zero-order valence-electron chi connectivity index (χ0n) is 18.7. The molecule has 0 bridgehead atoms. The van der Waals surface area contributed by atoms with Gasteiger partial charge in [0.1, 0.15) is 6.10 Å². The molecule has 8 nitrogen and oxygen atoms in total. The van der Waals surface area contributed by atoms with E-state index in [0.717, 1.165) is 28.3 Å². The first-order valence-corrected chi connectivity index (χ1v) is 11.0. The summed E-state index contributed by atoms with van der Waals surface area (Å²) in [5.41, 5.74) is 4.90. The van der Waals surface area contributed by atoms with Crippen LogP contribution in [0.4, 0.5) is 0 Å². The van der Waals surface area contributed by atoms with E-state index in [9.17, 15) is 0 Å². The van der Waals surface area contributed by atoms with E-state index in [4.69, 9.17) is 23.8 Å². The van der Waals surface area contributed by atoms with Gasteiger partial charge in [0.2, 0.25) is 12.6 Å². The van der Waals surface area contributed by atoms with Crippen LogP contribution in [0.15, 0.2) is 53.1 Å². The lowest BCUT2D eigenvalue weighted by molar-refractivity contribution is -0.00122. The minimum atomic E-state index is -0.126. The highest BCUT2D eigenvalue weighted by molar-refractivity contribution is 5.58. The minimum absolute atomic E-state index is 0.0942. The quantitative estimate of drug-likeness (QED) is 0.444. The Hall–Kier alpha value is -3.65. The van der Waals surface area contributed by atoms with Crippen molar-refractivity contribution in [1.82, 2.24) is 19.9 Å². The van der Waals surface area contributed by atoms with Gasteiger partial charge in [-0.1, -0.05) is 56.3 Å². The molecule has 0 radical (unpaired) electrons. The molecule has 0 saturated carbocycles. The molecule has 0 saturated heterocycles. The Morgan fingerprint density at radius 1 is 0.970 bits per heavy atom. The van der Waals surface area contributed by atoms with Crippen LogP contribution in [-0.4, -0.2) is 26.7 Å². The molecule has 4 heterocycles. The summed E-state index contributed by atoms with van der Waals surface area (Å²) in [5.74, 6) is 2.45. The minimum Gasteiger partial charge on any atom is -0.454 e. The molecule has 8 heteroatoms. The molecule has 1 unspecified atom stereocenters. The predicted octanol–water partition coefficient (Wildman–Crippen LogP) is 4.90. The van der Waals surface area contributed by atoms with E-state index in [0.29, 0.717) is 30.6 Å². The van der Waals surface area contributed by atoms with Gasteiger partial charge in [0.05, 0.1) is 18.8 Å². The average Bonchev–Trinajstić information content (AvgIpc) is 3.56. The summed E-state index contributed by atoms with van der Waals surface area (Å²) in [6.07, 6.45) is -0.126. The first kappa shape index (κ1) is 20.0. The molecule has 168 valence electrons. The number of hydrogen-bond acceptors (Lipinski definition) is 7. The first-order chi connectivity index (χ1) is 15.9. The molecular weight excluding hydrogens is 420 g/mol. The highest BCUT2D eigenvalue weighted by Crippen LogP contribution is 2.37. The Balaban J connectivity index is 1.22. The predicted molar refractivity (Wildman–Crippen MR) is 120 cm³/mol. The molecule has 0 aliphatic carbocycles. The first-order valence-electron chi connectivity index (χ1n) is 11.0. The van der Waals surface area contributed by atoms with E-state index in [-0.39, 0.29) is 18.3 Å². The van der Waals surface area contributed by atoms with Crippen LogP contribution < -0.4 is 9.47 Å². The van der Waals surface area contributed by atoms with Crippen molar-refractivity contribution in [3.05, 3.63) is 65.4 Å². The summed E-state index contributed by atoms with van der Waals surface area (Å²) in [6.45, 7) is 7.86. The van der Waals surface area contributed by atoms with Crippen LogP contribution in [0.1, 0.15) is 43.7 Å². The summed E-state index contributed by atoms with van der Waals surface area (Å²) in [7, 11) is 0. The summed E-state index contributed by atoms with van der Waals surface area (Å²) in [6, 6.07) is 16.1. The van der Waals surface area contributed by atoms with Crippen LogP contribution in [0.2, 0.25) is 0 Å². The molecular formula is C25H24N4O4. The second kappa shape index (κ2) is 7.45. The maximum atomic E-state index is 6.09. The second-order valence-corrected chi connectivity index (χ2v) is 9.37. The molecule has 2 aliphatic rings. The molecule has 0 fully saturated rings. The fourth-order valence-electron chi connectivity index (χ4n) is 4.11. The molecule has 0 amide bonds. The van der Waals surface area contributed by atoms with Gasteiger partial charge in [-0.2, -0.15) is 10.1 Å². The average molecular weight is 444 g/mol. The van der Waals surface area contributed by atoms with Crippen molar-refractivity contribution in [1.29, 1.82) is 0 Å². The lowest BCUT2D eigenvalue weighted by atomic mass is 9.87. The summed E-state index contributed by atoms with van der Waals surface area (Å²) in [4.78, 5) is 4.58. The standard InChI is InChI=1S/C25H24N4O4/c1-25(2,3)17-7-4-15(5-8-17)23-26-24(33-28-23)19-11-18-13-30-22(12-29(18)27-19)16-6-9-20-21(10-16)32-14-31-20/h4-11,22H,12-14H2,1-3H3. The van der Waals surface area contributed by atoms with Gasteiger partial charge in [0, 0.05) is 5.56 Å². The number of benzene rings is 2. The Bertz CT molecular complexity index is 1320. The summed E-state index contributed by atoms with van der Waals surface area (Å²) in [5, 5.41) is 8.87. The highest BCUT2D eigenvalue weighted by Gasteiger charge is 2.26. The van der Waals surface area contributed by atoms with Crippen molar-refractivity contribution in [3.8, 4) is 34.5 Å². The molecule has 4 aromatic rings. The third-order valence-electron chi connectivity index (χ3n) is 6.06. The lowest BCUT2D eigenvalue weighted by Gasteiger charge is -2.24. The normalized spacial score (nSPS) is 17.2. The van der Waals surface area contributed by atoms with Crippen LogP contribution in [0.25, 0.3) is 23.0 Å². The smallest absolute Gasteiger partial charge is 0.278 e. The fraction of sp³-hybridized carbons (Fsp3) is 0.320. The van der Waals surface area contributed by atoms with Crippen LogP contribution in [0.5, 0.6) is 11.5 Å². The number of fused-ring (bicyclic) bond motifs is 2. The lowest BCUT2D eigenvalue weighted by Crippen LogP contribution is -2.21. The van der Waals surface area contributed by atoms with Crippen LogP contribution in [0.3, 0.4) is 0 Å². The van der Waals surface area contributed by atoms with Gasteiger partial charge in [-0.05, 0) is 34.7 Å². The zero-order chi connectivity index (χ0) is 22.6. The van der Waals surface area contributed by atoms with Crippen molar-refractivity contribution in [2.45, 2.75) is 45.4 Å². The summed E-state index contributed by atoms with van der Waals surface area (Å²) < 4.78 is 24.5. The van der Waals surface area contributed by atoms with Crippen molar-refractivity contribution in [2.75, 3.05) is 6.79 Å². The molecule has 33 heavy (non-hydrogen) atoms. The van der Waals surface area contributed by atoms with E-state index >= 15 is 0 Å². The largest absolute Gasteiger partial charge is 0.454 e. The van der Waals surface area contributed by atoms with Crippen LogP contribution in [0, 0.1) is 0 Å². The van der Waals surface area contributed by atoms with Gasteiger partial charge >= 0.3 is 0 Å². The van der Waals surface area contributed by atoms with Crippen molar-refractivity contribution < 1.29 is 18.7 Å². The van der Waals surface area contributed by atoms with Crippen LogP contribution >= 0.6 is 0 Å². The van der Waals surface area contributed by atoms with Crippen LogP contribution in [-0.2, 0) is 23.3 Å². The Labute approximate surface area is 191 Å².